The van der Waals surface area contributed by atoms with E-state index in [1.165, 1.54) is 6.07 Å². The van der Waals surface area contributed by atoms with Gasteiger partial charge in [-0.1, -0.05) is 43.7 Å². The number of rotatable bonds is 9. The minimum atomic E-state index is -0.439. The second kappa shape index (κ2) is 11.7. The number of ether oxygens (including phenoxy) is 2. The highest BCUT2D eigenvalue weighted by molar-refractivity contribution is 5.96. The summed E-state index contributed by atoms with van der Waals surface area (Å²) in [5.74, 6) is 1.08. The van der Waals surface area contributed by atoms with E-state index in [1.54, 1.807) is 6.07 Å². The lowest BCUT2D eigenvalue weighted by Gasteiger charge is -2.38. The van der Waals surface area contributed by atoms with Gasteiger partial charge in [0.05, 0.1) is 0 Å². The van der Waals surface area contributed by atoms with Gasteiger partial charge in [0.2, 0.25) is 0 Å². The standard InChI is InChI=1S/C31H36FNO3/c1-4-7-24-10-11-26(36-27-19-22(2)18-23(3)20-27)21-28(24)30(34)33-31(14-16-35-17-15-31)13-12-25-8-5-6-9-29(25)32/h5-6,8-11,18-21H,4,7,12-17H2,1-3H3,(H,33,34). The van der Waals surface area contributed by atoms with E-state index in [0.717, 1.165) is 35.3 Å². The molecule has 0 unspecified atom stereocenters. The molecular weight excluding hydrogens is 453 g/mol. The smallest absolute Gasteiger partial charge is 0.252 e. The summed E-state index contributed by atoms with van der Waals surface area (Å²) in [7, 11) is 0. The first-order valence-electron chi connectivity index (χ1n) is 12.9. The summed E-state index contributed by atoms with van der Waals surface area (Å²) in [6.07, 6.45) is 4.36. The van der Waals surface area contributed by atoms with Gasteiger partial charge in [-0.15, -0.1) is 0 Å². The Balaban J connectivity index is 1.57. The Morgan fingerprint density at radius 1 is 0.944 bits per heavy atom. The van der Waals surface area contributed by atoms with Crippen molar-refractivity contribution in [3.05, 3.63) is 94.3 Å². The number of carbonyl (C=O) groups is 1. The molecular formula is C31H36FNO3. The summed E-state index contributed by atoms with van der Waals surface area (Å²) in [6, 6.07) is 18.7. The van der Waals surface area contributed by atoms with Gasteiger partial charge in [-0.3, -0.25) is 4.79 Å². The average molecular weight is 490 g/mol. The fourth-order valence-electron chi connectivity index (χ4n) is 5.03. The lowest BCUT2D eigenvalue weighted by Crippen LogP contribution is -2.52. The van der Waals surface area contributed by atoms with Crippen LogP contribution in [0.25, 0.3) is 0 Å². The quantitative estimate of drug-likeness (QED) is 0.349. The Morgan fingerprint density at radius 2 is 1.67 bits per heavy atom. The van der Waals surface area contributed by atoms with Crippen molar-refractivity contribution in [1.29, 1.82) is 0 Å². The third-order valence-corrected chi connectivity index (χ3v) is 6.94. The SMILES string of the molecule is CCCc1ccc(Oc2cc(C)cc(C)c2)cc1C(=O)NC1(CCc2ccccc2F)CCOCC1. The summed E-state index contributed by atoms with van der Waals surface area (Å²) < 4.78 is 26.0. The molecule has 3 aromatic rings. The van der Waals surface area contributed by atoms with Crippen LogP contribution >= 0.6 is 0 Å². The van der Waals surface area contributed by atoms with E-state index >= 15 is 0 Å². The third kappa shape index (κ3) is 6.52. The lowest BCUT2D eigenvalue weighted by atomic mass is 9.83. The highest BCUT2D eigenvalue weighted by Crippen LogP contribution is 2.30. The van der Waals surface area contributed by atoms with Crippen LogP contribution in [0.2, 0.25) is 0 Å². The molecule has 0 atom stereocenters. The zero-order chi connectivity index (χ0) is 25.5. The predicted molar refractivity (Wildman–Crippen MR) is 141 cm³/mol. The summed E-state index contributed by atoms with van der Waals surface area (Å²) >= 11 is 0. The van der Waals surface area contributed by atoms with E-state index in [2.05, 4.69) is 18.3 Å². The van der Waals surface area contributed by atoms with Gasteiger partial charge in [-0.05, 0) is 98.5 Å². The molecule has 190 valence electrons. The first-order chi connectivity index (χ1) is 17.4. The zero-order valence-corrected chi connectivity index (χ0v) is 21.5. The Kier molecular flexibility index (Phi) is 8.42. The van der Waals surface area contributed by atoms with Crippen molar-refractivity contribution in [1.82, 2.24) is 5.32 Å². The number of halogens is 1. The minimum Gasteiger partial charge on any atom is -0.457 e. The van der Waals surface area contributed by atoms with E-state index < -0.39 is 5.54 Å². The third-order valence-electron chi connectivity index (χ3n) is 6.94. The fourth-order valence-corrected chi connectivity index (χ4v) is 5.03. The monoisotopic (exact) mass is 489 g/mol. The van der Waals surface area contributed by atoms with Gasteiger partial charge < -0.3 is 14.8 Å². The molecule has 1 aliphatic heterocycles. The summed E-state index contributed by atoms with van der Waals surface area (Å²) in [5.41, 5.74) is 4.12. The van der Waals surface area contributed by atoms with E-state index in [4.69, 9.17) is 9.47 Å². The first-order valence-corrected chi connectivity index (χ1v) is 12.9. The van der Waals surface area contributed by atoms with Crippen LogP contribution in [-0.2, 0) is 17.6 Å². The molecule has 1 fully saturated rings. The van der Waals surface area contributed by atoms with Crippen molar-refractivity contribution in [3.63, 3.8) is 0 Å². The number of benzene rings is 3. The Bertz CT molecular complexity index is 1180. The van der Waals surface area contributed by atoms with E-state index in [1.807, 2.05) is 56.3 Å². The van der Waals surface area contributed by atoms with Crippen molar-refractivity contribution in [2.24, 2.45) is 0 Å². The molecule has 4 nitrogen and oxygen atoms in total. The number of carbonyl (C=O) groups excluding carboxylic acids is 1. The molecule has 1 aliphatic rings. The summed E-state index contributed by atoms with van der Waals surface area (Å²) in [6.45, 7) is 7.34. The Labute approximate surface area is 213 Å². The summed E-state index contributed by atoms with van der Waals surface area (Å²) in [4.78, 5) is 13.7. The van der Waals surface area contributed by atoms with E-state index in [0.29, 0.717) is 55.8 Å². The fraction of sp³-hybridized carbons (Fsp3) is 0.387. The molecule has 1 heterocycles. The average Bonchev–Trinajstić information content (AvgIpc) is 2.84. The molecule has 1 amide bonds. The maximum absolute atomic E-state index is 14.3. The molecule has 0 aliphatic carbocycles. The lowest BCUT2D eigenvalue weighted by molar-refractivity contribution is 0.0328. The molecule has 0 bridgehead atoms. The summed E-state index contributed by atoms with van der Waals surface area (Å²) in [5, 5.41) is 3.35. The maximum atomic E-state index is 14.3. The van der Waals surface area contributed by atoms with Crippen molar-refractivity contribution in [2.45, 2.75) is 64.8 Å². The molecule has 0 spiro atoms. The second-order valence-corrected chi connectivity index (χ2v) is 9.93. The van der Waals surface area contributed by atoms with Crippen LogP contribution in [0.15, 0.2) is 60.7 Å². The van der Waals surface area contributed by atoms with Crippen LogP contribution in [-0.4, -0.2) is 24.7 Å². The van der Waals surface area contributed by atoms with Crippen molar-refractivity contribution in [3.8, 4) is 11.5 Å². The van der Waals surface area contributed by atoms with Crippen molar-refractivity contribution >= 4 is 5.91 Å². The van der Waals surface area contributed by atoms with Crippen LogP contribution in [0, 0.1) is 19.7 Å². The number of hydrogen-bond donors (Lipinski definition) is 1. The molecule has 1 N–H and O–H groups in total. The molecule has 1 saturated heterocycles. The van der Waals surface area contributed by atoms with Gasteiger partial charge >= 0.3 is 0 Å². The number of aryl methyl sites for hydroxylation is 4. The minimum absolute atomic E-state index is 0.111. The van der Waals surface area contributed by atoms with Crippen LogP contribution in [0.3, 0.4) is 0 Å². The van der Waals surface area contributed by atoms with E-state index in [9.17, 15) is 9.18 Å². The molecule has 0 radical (unpaired) electrons. The Hall–Kier alpha value is -3.18. The normalized spacial score (nSPS) is 14.9. The van der Waals surface area contributed by atoms with Crippen LogP contribution < -0.4 is 10.1 Å². The van der Waals surface area contributed by atoms with Gasteiger partial charge in [0.25, 0.3) is 5.91 Å². The van der Waals surface area contributed by atoms with Gasteiger partial charge in [-0.2, -0.15) is 0 Å². The highest BCUT2D eigenvalue weighted by atomic mass is 19.1. The molecule has 36 heavy (non-hydrogen) atoms. The van der Waals surface area contributed by atoms with Crippen molar-refractivity contribution < 1.29 is 18.7 Å². The van der Waals surface area contributed by atoms with E-state index in [-0.39, 0.29) is 11.7 Å². The molecule has 3 aromatic carbocycles. The number of amides is 1. The molecule has 5 heteroatoms. The van der Waals surface area contributed by atoms with Crippen LogP contribution in [0.5, 0.6) is 11.5 Å². The number of nitrogens with one attached hydrogen (secondary N) is 1. The first kappa shape index (κ1) is 25.9. The molecule has 4 rings (SSSR count). The van der Waals surface area contributed by atoms with Gasteiger partial charge in [0.15, 0.2) is 0 Å². The van der Waals surface area contributed by atoms with Crippen LogP contribution in [0.4, 0.5) is 4.39 Å². The van der Waals surface area contributed by atoms with Gasteiger partial charge in [0, 0.05) is 24.3 Å². The largest absolute Gasteiger partial charge is 0.457 e. The topological polar surface area (TPSA) is 47.6 Å². The molecule has 0 saturated carbocycles. The number of hydrogen-bond acceptors (Lipinski definition) is 3. The maximum Gasteiger partial charge on any atom is 0.252 e. The second-order valence-electron chi connectivity index (χ2n) is 9.93. The Morgan fingerprint density at radius 3 is 2.36 bits per heavy atom. The zero-order valence-electron chi connectivity index (χ0n) is 21.5. The van der Waals surface area contributed by atoms with Crippen molar-refractivity contribution in [2.75, 3.05) is 13.2 Å². The van der Waals surface area contributed by atoms with Gasteiger partial charge in [0.1, 0.15) is 17.3 Å². The van der Waals surface area contributed by atoms with Gasteiger partial charge in [-0.25, -0.2) is 4.39 Å². The highest BCUT2D eigenvalue weighted by Gasteiger charge is 2.34. The van der Waals surface area contributed by atoms with Crippen LogP contribution in [0.1, 0.15) is 65.2 Å². The predicted octanol–water partition coefficient (Wildman–Crippen LogP) is 7.10. The molecule has 0 aromatic heterocycles.